The number of aromatic carboxylic acids is 1. The summed E-state index contributed by atoms with van der Waals surface area (Å²) in [6, 6.07) is 9.54. The molecular weight excluding hydrogens is 388 g/mol. The molecule has 1 N–H and O–H groups in total. The molecule has 162 valence electrons. The summed E-state index contributed by atoms with van der Waals surface area (Å²) in [6.45, 7) is 2.88. The van der Waals surface area contributed by atoms with Gasteiger partial charge in [-0.2, -0.15) is 5.10 Å². The molecule has 4 rings (SSSR count). The SMILES string of the molecule is CCCCc1nc(C2CCCCC2)nn1Cc1ccc(-c2cnccc2C(=O)O)cc1. The second kappa shape index (κ2) is 9.86. The van der Waals surface area contributed by atoms with Crippen LogP contribution in [0.5, 0.6) is 0 Å². The maximum atomic E-state index is 11.5. The van der Waals surface area contributed by atoms with Crippen LogP contribution in [0.3, 0.4) is 0 Å². The lowest BCUT2D eigenvalue weighted by Crippen LogP contribution is -2.09. The summed E-state index contributed by atoms with van der Waals surface area (Å²) in [5, 5.41) is 14.4. The van der Waals surface area contributed by atoms with E-state index in [0.717, 1.165) is 42.0 Å². The van der Waals surface area contributed by atoms with Crippen molar-refractivity contribution in [2.24, 2.45) is 0 Å². The molecule has 0 unspecified atom stereocenters. The van der Waals surface area contributed by atoms with Crippen molar-refractivity contribution in [1.82, 2.24) is 19.7 Å². The van der Waals surface area contributed by atoms with Gasteiger partial charge < -0.3 is 5.11 Å². The van der Waals surface area contributed by atoms with Gasteiger partial charge in [-0.3, -0.25) is 4.98 Å². The van der Waals surface area contributed by atoms with Crippen molar-refractivity contribution < 1.29 is 9.90 Å². The van der Waals surface area contributed by atoms with Gasteiger partial charge in [0.15, 0.2) is 5.82 Å². The summed E-state index contributed by atoms with van der Waals surface area (Å²) in [5.74, 6) is 1.65. The van der Waals surface area contributed by atoms with E-state index >= 15 is 0 Å². The van der Waals surface area contributed by atoms with Crippen LogP contribution in [0, 0.1) is 0 Å². The van der Waals surface area contributed by atoms with Crippen molar-refractivity contribution in [3.05, 3.63) is 65.5 Å². The summed E-state index contributed by atoms with van der Waals surface area (Å²) in [7, 11) is 0. The van der Waals surface area contributed by atoms with E-state index in [9.17, 15) is 9.90 Å². The van der Waals surface area contributed by atoms with Crippen LogP contribution in [0.25, 0.3) is 11.1 Å². The molecule has 1 aliphatic carbocycles. The Morgan fingerprint density at radius 3 is 2.61 bits per heavy atom. The van der Waals surface area contributed by atoms with E-state index in [1.54, 1.807) is 6.20 Å². The monoisotopic (exact) mass is 418 g/mol. The van der Waals surface area contributed by atoms with E-state index in [1.807, 2.05) is 24.3 Å². The number of unbranched alkanes of at least 4 members (excludes halogenated alkanes) is 1. The molecule has 0 atom stereocenters. The van der Waals surface area contributed by atoms with Crippen molar-refractivity contribution in [2.45, 2.75) is 70.8 Å². The fourth-order valence-corrected chi connectivity index (χ4v) is 4.35. The number of pyridine rings is 1. The zero-order valence-corrected chi connectivity index (χ0v) is 18.1. The molecule has 1 fully saturated rings. The van der Waals surface area contributed by atoms with Gasteiger partial charge in [0, 0.05) is 30.3 Å². The molecule has 0 bridgehead atoms. The van der Waals surface area contributed by atoms with Crippen LogP contribution >= 0.6 is 0 Å². The minimum absolute atomic E-state index is 0.262. The number of aryl methyl sites for hydroxylation is 1. The fourth-order valence-electron chi connectivity index (χ4n) is 4.35. The van der Waals surface area contributed by atoms with E-state index in [2.05, 4.69) is 16.6 Å². The molecule has 0 aliphatic heterocycles. The highest BCUT2D eigenvalue weighted by Crippen LogP contribution is 2.31. The molecule has 2 aromatic heterocycles. The van der Waals surface area contributed by atoms with Crippen LogP contribution < -0.4 is 0 Å². The van der Waals surface area contributed by atoms with Crippen LogP contribution in [-0.2, 0) is 13.0 Å². The highest BCUT2D eigenvalue weighted by molar-refractivity contribution is 5.95. The summed E-state index contributed by atoms with van der Waals surface area (Å²) >= 11 is 0. The smallest absolute Gasteiger partial charge is 0.336 e. The van der Waals surface area contributed by atoms with Gasteiger partial charge in [0.05, 0.1) is 12.1 Å². The van der Waals surface area contributed by atoms with Crippen molar-refractivity contribution >= 4 is 5.97 Å². The molecule has 0 saturated heterocycles. The van der Waals surface area contributed by atoms with Gasteiger partial charge in [-0.05, 0) is 36.5 Å². The van der Waals surface area contributed by atoms with Crippen LogP contribution in [0.2, 0.25) is 0 Å². The predicted molar refractivity (Wildman–Crippen MR) is 120 cm³/mol. The van der Waals surface area contributed by atoms with Gasteiger partial charge >= 0.3 is 5.97 Å². The highest BCUT2D eigenvalue weighted by atomic mass is 16.4. The third-order valence-corrected chi connectivity index (χ3v) is 6.14. The largest absolute Gasteiger partial charge is 0.478 e. The molecule has 1 aliphatic rings. The van der Waals surface area contributed by atoms with Crippen molar-refractivity contribution in [2.75, 3.05) is 0 Å². The van der Waals surface area contributed by atoms with Gasteiger partial charge in [-0.25, -0.2) is 14.5 Å². The lowest BCUT2D eigenvalue weighted by Gasteiger charge is -2.18. The minimum atomic E-state index is -0.945. The molecular formula is C25H30N4O2. The summed E-state index contributed by atoms with van der Waals surface area (Å²) in [6.07, 6.45) is 12.6. The van der Waals surface area contributed by atoms with Crippen molar-refractivity contribution in [3.63, 3.8) is 0 Å². The third kappa shape index (κ3) is 5.01. The first-order valence-electron chi connectivity index (χ1n) is 11.4. The summed E-state index contributed by atoms with van der Waals surface area (Å²) in [4.78, 5) is 20.6. The average molecular weight is 419 g/mol. The molecule has 3 aromatic rings. The van der Waals surface area contributed by atoms with Crippen LogP contribution in [0.4, 0.5) is 0 Å². The first kappa shape index (κ1) is 21.2. The zero-order valence-electron chi connectivity index (χ0n) is 18.1. The average Bonchev–Trinajstić information content (AvgIpc) is 3.21. The van der Waals surface area contributed by atoms with E-state index < -0.39 is 5.97 Å². The van der Waals surface area contributed by atoms with Crippen LogP contribution in [-0.4, -0.2) is 30.8 Å². The standard InChI is InChI=1S/C25H30N4O2/c1-2-3-9-23-27-24(20-7-5-4-6-8-20)28-29(23)17-18-10-12-19(13-11-18)22-16-26-15-14-21(22)25(30)31/h10-16,20H,2-9,17H2,1H3,(H,30,31). The van der Waals surface area contributed by atoms with Crippen molar-refractivity contribution in [3.8, 4) is 11.1 Å². The van der Waals surface area contributed by atoms with Crippen molar-refractivity contribution in [1.29, 1.82) is 0 Å². The third-order valence-electron chi connectivity index (χ3n) is 6.14. The number of benzene rings is 1. The highest BCUT2D eigenvalue weighted by Gasteiger charge is 2.21. The number of carboxylic acid groups (broad SMARTS) is 1. The number of carbonyl (C=O) groups is 1. The number of hydrogen-bond donors (Lipinski definition) is 1. The first-order chi connectivity index (χ1) is 15.2. The second-order valence-electron chi connectivity index (χ2n) is 8.41. The number of aromatic nitrogens is 4. The Kier molecular flexibility index (Phi) is 6.75. The van der Waals surface area contributed by atoms with Gasteiger partial charge in [-0.1, -0.05) is 56.9 Å². The molecule has 0 amide bonds. The molecule has 2 heterocycles. The van der Waals surface area contributed by atoms with E-state index in [-0.39, 0.29) is 5.56 Å². The number of rotatable bonds is 8. The molecule has 1 saturated carbocycles. The Labute approximate surface area is 183 Å². The Morgan fingerprint density at radius 1 is 1.13 bits per heavy atom. The topological polar surface area (TPSA) is 80.9 Å². The molecule has 0 spiro atoms. The molecule has 0 radical (unpaired) electrons. The fraction of sp³-hybridized carbons (Fsp3) is 0.440. The van der Waals surface area contributed by atoms with Crippen LogP contribution in [0.15, 0.2) is 42.7 Å². The number of hydrogen-bond acceptors (Lipinski definition) is 4. The van der Waals surface area contributed by atoms with Gasteiger partial charge in [0.25, 0.3) is 0 Å². The second-order valence-corrected chi connectivity index (χ2v) is 8.41. The molecule has 6 nitrogen and oxygen atoms in total. The summed E-state index contributed by atoms with van der Waals surface area (Å²) < 4.78 is 2.07. The first-order valence-corrected chi connectivity index (χ1v) is 11.4. The Morgan fingerprint density at radius 2 is 1.90 bits per heavy atom. The van der Waals surface area contributed by atoms with Gasteiger partial charge in [0.2, 0.25) is 0 Å². The predicted octanol–water partition coefficient (Wildman–Crippen LogP) is 5.48. The van der Waals surface area contributed by atoms with Gasteiger partial charge in [0.1, 0.15) is 5.82 Å². The van der Waals surface area contributed by atoms with Gasteiger partial charge in [-0.15, -0.1) is 0 Å². The van der Waals surface area contributed by atoms with Crippen LogP contribution in [0.1, 0.15) is 85.4 Å². The molecule has 31 heavy (non-hydrogen) atoms. The maximum Gasteiger partial charge on any atom is 0.336 e. The van der Waals surface area contributed by atoms with E-state index in [4.69, 9.17) is 10.1 Å². The molecule has 1 aromatic carbocycles. The Hall–Kier alpha value is -3.02. The minimum Gasteiger partial charge on any atom is -0.478 e. The number of nitrogens with zero attached hydrogens (tertiary/aromatic N) is 4. The summed E-state index contributed by atoms with van der Waals surface area (Å²) in [5.41, 5.74) is 2.87. The lowest BCUT2D eigenvalue weighted by atomic mass is 9.89. The quantitative estimate of drug-likeness (QED) is 0.524. The zero-order chi connectivity index (χ0) is 21.6. The van der Waals surface area contributed by atoms with E-state index in [0.29, 0.717) is 18.0 Å². The maximum absolute atomic E-state index is 11.5. The lowest BCUT2D eigenvalue weighted by molar-refractivity contribution is 0.0697. The Bertz CT molecular complexity index is 1020. The normalized spacial score (nSPS) is 14.6. The van der Waals surface area contributed by atoms with E-state index in [1.165, 1.54) is 44.4 Å². The molecule has 6 heteroatoms. The number of carboxylic acids is 1. The Balaban J connectivity index is 1.56.